The second-order valence-electron chi connectivity index (χ2n) is 5.53. The average Bonchev–Trinajstić information content (AvgIpc) is 2.68. The van der Waals surface area contributed by atoms with Crippen LogP contribution in [0.5, 0.6) is 11.5 Å². The van der Waals surface area contributed by atoms with Crippen molar-refractivity contribution in [2.24, 2.45) is 0 Å². The van der Waals surface area contributed by atoms with Gasteiger partial charge >= 0.3 is 5.97 Å². The number of para-hydroxylation sites is 1. The molecule has 0 aliphatic carbocycles. The molecule has 0 N–H and O–H groups in total. The highest BCUT2D eigenvalue weighted by molar-refractivity contribution is 5.99. The molecule has 0 aliphatic heterocycles. The highest BCUT2D eigenvalue weighted by Gasteiger charge is 2.26. The highest BCUT2D eigenvalue weighted by Crippen LogP contribution is 2.26. The highest BCUT2D eigenvalue weighted by atomic mass is 16.5. The molecule has 2 rings (SSSR count). The predicted molar refractivity (Wildman–Crippen MR) is 98.9 cm³/mol. The van der Waals surface area contributed by atoms with Gasteiger partial charge in [0.15, 0.2) is 6.10 Å². The molecule has 1 amide bonds. The Morgan fingerprint density at radius 3 is 2.31 bits per heavy atom. The number of esters is 1. The van der Waals surface area contributed by atoms with Crippen LogP contribution in [0.1, 0.15) is 24.2 Å². The van der Waals surface area contributed by atoms with Gasteiger partial charge in [0, 0.05) is 18.3 Å². The lowest BCUT2D eigenvalue weighted by atomic mass is 10.2. The van der Waals surface area contributed by atoms with E-state index in [4.69, 9.17) is 14.2 Å². The Labute approximate surface area is 153 Å². The Hall–Kier alpha value is -3.02. The van der Waals surface area contributed by atoms with Gasteiger partial charge in [-0.2, -0.15) is 0 Å². The van der Waals surface area contributed by atoms with Crippen molar-refractivity contribution in [3.8, 4) is 11.5 Å². The first-order valence-corrected chi connectivity index (χ1v) is 8.31. The van der Waals surface area contributed by atoms with Crippen molar-refractivity contribution in [1.82, 2.24) is 0 Å². The van der Waals surface area contributed by atoms with E-state index in [0.717, 1.165) is 5.69 Å². The lowest BCUT2D eigenvalue weighted by molar-refractivity contribution is -0.126. The molecule has 6 nitrogen and oxygen atoms in total. The zero-order valence-corrected chi connectivity index (χ0v) is 15.4. The van der Waals surface area contributed by atoms with Crippen LogP contribution in [-0.4, -0.2) is 38.7 Å². The second-order valence-corrected chi connectivity index (χ2v) is 5.53. The Morgan fingerprint density at radius 2 is 1.73 bits per heavy atom. The fourth-order valence-electron chi connectivity index (χ4n) is 2.53. The fourth-order valence-corrected chi connectivity index (χ4v) is 2.53. The number of carbonyl (C=O) groups is 2. The molecule has 6 heteroatoms. The summed E-state index contributed by atoms with van der Waals surface area (Å²) in [7, 11) is 2.98. The van der Waals surface area contributed by atoms with Gasteiger partial charge in [0.25, 0.3) is 5.91 Å². The maximum absolute atomic E-state index is 12.7. The predicted octanol–water partition coefficient (Wildman–Crippen LogP) is 3.30. The molecular weight excluding hydrogens is 334 g/mol. The summed E-state index contributed by atoms with van der Waals surface area (Å²) < 4.78 is 15.7. The number of nitrogens with zero attached hydrogens (tertiary/aromatic N) is 1. The molecule has 2 aromatic rings. The minimum atomic E-state index is -0.936. The van der Waals surface area contributed by atoms with Crippen LogP contribution in [0.15, 0.2) is 48.5 Å². The van der Waals surface area contributed by atoms with Gasteiger partial charge in [-0.3, -0.25) is 4.79 Å². The van der Waals surface area contributed by atoms with Crippen LogP contribution in [-0.2, 0) is 9.53 Å². The van der Waals surface area contributed by atoms with Gasteiger partial charge in [0.2, 0.25) is 0 Å². The van der Waals surface area contributed by atoms with Crippen LogP contribution in [0, 0.1) is 0 Å². The van der Waals surface area contributed by atoms with Gasteiger partial charge in [-0.25, -0.2) is 4.79 Å². The Bertz CT molecular complexity index is 760. The lowest BCUT2D eigenvalue weighted by Crippen LogP contribution is -2.40. The maximum Gasteiger partial charge on any atom is 0.342 e. The summed E-state index contributed by atoms with van der Waals surface area (Å²) in [5, 5.41) is 0. The summed E-state index contributed by atoms with van der Waals surface area (Å²) >= 11 is 0. The summed E-state index contributed by atoms with van der Waals surface area (Å²) in [5.41, 5.74) is 0.987. The number of hydrogen-bond acceptors (Lipinski definition) is 5. The molecule has 138 valence electrons. The van der Waals surface area contributed by atoms with Gasteiger partial charge in [0.05, 0.1) is 14.2 Å². The first kappa shape index (κ1) is 19.3. The van der Waals surface area contributed by atoms with Crippen molar-refractivity contribution in [3.05, 3.63) is 54.1 Å². The average molecular weight is 357 g/mol. The van der Waals surface area contributed by atoms with E-state index < -0.39 is 12.1 Å². The summed E-state index contributed by atoms with van der Waals surface area (Å²) in [6, 6.07) is 14.0. The van der Waals surface area contributed by atoms with Crippen LogP contribution >= 0.6 is 0 Å². The minimum absolute atomic E-state index is 0.232. The quantitative estimate of drug-likeness (QED) is 0.712. The van der Waals surface area contributed by atoms with E-state index in [9.17, 15) is 9.59 Å². The van der Waals surface area contributed by atoms with Crippen molar-refractivity contribution < 1.29 is 23.8 Å². The molecule has 0 aliphatic rings. The Balaban J connectivity index is 2.14. The van der Waals surface area contributed by atoms with Crippen molar-refractivity contribution >= 4 is 17.6 Å². The molecule has 0 saturated carbocycles. The van der Waals surface area contributed by atoms with Gasteiger partial charge in [-0.1, -0.05) is 18.2 Å². The van der Waals surface area contributed by atoms with E-state index in [0.29, 0.717) is 18.0 Å². The second kappa shape index (κ2) is 8.89. The Morgan fingerprint density at radius 1 is 1.04 bits per heavy atom. The fraction of sp³-hybridized carbons (Fsp3) is 0.300. The molecule has 0 heterocycles. The van der Waals surface area contributed by atoms with E-state index >= 15 is 0 Å². The summed E-state index contributed by atoms with van der Waals surface area (Å²) in [6.45, 7) is 3.89. The molecule has 1 atom stereocenters. The largest absolute Gasteiger partial charge is 0.497 e. The van der Waals surface area contributed by atoms with E-state index in [-0.39, 0.29) is 11.5 Å². The number of carbonyl (C=O) groups excluding carboxylic acids is 2. The molecule has 0 radical (unpaired) electrons. The maximum atomic E-state index is 12.7. The number of ether oxygens (including phenoxy) is 3. The van der Waals surface area contributed by atoms with Crippen molar-refractivity contribution in [3.63, 3.8) is 0 Å². The first-order valence-electron chi connectivity index (χ1n) is 8.31. The number of amides is 1. The molecule has 0 fully saturated rings. The topological polar surface area (TPSA) is 65.1 Å². The molecule has 26 heavy (non-hydrogen) atoms. The third-order valence-electron chi connectivity index (χ3n) is 3.91. The smallest absolute Gasteiger partial charge is 0.342 e. The van der Waals surface area contributed by atoms with E-state index in [1.165, 1.54) is 14.2 Å². The van der Waals surface area contributed by atoms with Gasteiger partial charge in [-0.05, 0) is 38.1 Å². The van der Waals surface area contributed by atoms with Gasteiger partial charge in [0.1, 0.15) is 17.1 Å². The molecule has 1 unspecified atom stereocenters. The third-order valence-corrected chi connectivity index (χ3v) is 3.91. The third kappa shape index (κ3) is 4.33. The van der Waals surface area contributed by atoms with Crippen molar-refractivity contribution in [2.75, 3.05) is 25.7 Å². The number of benzene rings is 2. The Kier molecular flexibility index (Phi) is 6.60. The monoisotopic (exact) mass is 357 g/mol. The van der Waals surface area contributed by atoms with Crippen LogP contribution in [0.25, 0.3) is 0 Å². The van der Waals surface area contributed by atoms with Crippen molar-refractivity contribution in [1.29, 1.82) is 0 Å². The summed E-state index contributed by atoms with van der Waals surface area (Å²) in [4.78, 5) is 26.7. The summed E-state index contributed by atoms with van der Waals surface area (Å²) in [5.74, 6) is -0.0397. The number of rotatable bonds is 7. The molecule has 0 spiro atoms. The number of anilines is 1. The van der Waals surface area contributed by atoms with Crippen LogP contribution < -0.4 is 14.4 Å². The normalized spacial score (nSPS) is 11.4. The zero-order valence-electron chi connectivity index (χ0n) is 15.4. The van der Waals surface area contributed by atoms with Crippen LogP contribution in [0.2, 0.25) is 0 Å². The van der Waals surface area contributed by atoms with Gasteiger partial charge < -0.3 is 19.1 Å². The molecule has 2 aromatic carbocycles. The minimum Gasteiger partial charge on any atom is -0.497 e. The van der Waals surface area contributed by atoms with Gasteiger partial charge in [-0.15, -0.1) is 0 Å². The van der Waals surface area contributed by atoms with E-state index in [1.54, 1.807) is 30.0 Å². The molecular formula is C20H23NO5. The SMILES string of the molecule is CCN(C(=O)C(C)OC(=O)c1ccc(OC)cc1OC)c1ccccc1. The first-order chi connectivity index (χ1) is 12.5. The molecule has 0 bridgehead atoms. The van der Waals surface area contributed by atoms with Crippen molar-refractivity contribution in [2.45, 2.75) is 20.0 Å². The number of likely N-dealkylation sites (N-methyl/N-ethyl adjacent to an activating group) is 1. The van der Waals surface area contributed by atoms with Crippen LogP contribution in [0.4, 0.5) is 5.69 Å². The standard InChI is InChI=1S/C20H23NO5/c1-5-21(15-9-7-6-8-10-15)19(22)14(2)26-20(23)17-12-11-16(24-3)13-18(17)25-4/h6-14H,5H2,1-4H3. The number of methoxy groups -OCH3 is 2. The summed E-state index contributed by atoms with van der Waals surface area (Å²) in [6.07, 6.45) is -0.936. The van der Waals surface area contributed by atoms with E-state index in [2.05, 4.69) is 0 Å². The molecule has 0 saturated heterocycles. The van der Waals surface area contributed by atoms with E-state index in [1.807, 2.05) is 37.3 Å². The molecule has 0 aromatic heterocycles. The lowest BCUT2D eigenvalue weighted by Gasteiger charge is -2.24. The number of hydrogen-bond donors (Lipinski definition) is 0. The zero-order chi connectivity index (χ0) is 19.1. The van der Waals surface area contributed by atoms with Crippen LogP contribution in [0.3, 0.4) is 0 Å².